The van der Waals surface area contributed by atoms with E-state index >= 15 is 0 Å². The van der Waals surface area contributed by atoms with Gasteiger partial charge in [0.25, 0.3) is 0 Å². The Kier molecular flexibility index (Phi) is 7.72. The zero-order valence-corrected chi connectivity index (χ0v) is 20.8. The van der Waals surface area contributed by atoms with Crippen LogP contribution in [0.2, 0.25) is 0 Å². The summed E-state index contributed by atoms with van der Waals surface area (Å²) in [6, 6.07) is 21.0. The van der Waals surface area contributed by atoms with Crippen LogP contribution in [0, 0.1) is 23.7 Å². The molecule has 0 aromatic heterocycles. The summed E-state index contributed by atoms with van der Waals surface area (Å²) in [5, 5.41) is 10.8. The van der Waals surface area contributed by atoms with E-state index in [-0.39, 0.29) is 0 Å². The molecule has 5 N–H and O–H groups in total. The second-order valence-corrected chi connectivity index (χ2v) is 10.8. The molecule has 0 radical (unpaired) electrons. The first-order chi connectivity index (χ1) is 17.2. The Morgan fingerprint density at radius 1 is 0.743 bits per heavy atom. The Labute approximate surface area is 210 Å². The van der Waals surface area contributed by atoms with Crippen LogP contribution in [0.3, 0.4) is 0 Å². The zero-order valence-electron chi connectivity index (χ0n) is 20.8. The fraction of sp³-hybridized carbons (Fsp3) is 0.500. The van der Waals surface area contributed by atoms with Gasteiger partial charge >= 0.3 is 0 Å². The van der Waals surface area contributed by atoms with Gasteiger partial charge in [-0.2, -0.15) is 0 Å². The monoisotopic (exact) mass is 471 g/mol. The van der Waals surface area contributed by atoms with Crippen molar-refractivity contribution in [3.63, 3.8) is 0 Å². The molecule has 5 heteroatoms. The van der Waals surface area contributed by atoms with Crippen LogP contribution in [-0.2, 0) is 0 Å². The summed E-state index contributed by atoms with van der Waals surface area (Å²) in [7, 11) is 0. The van der Waals surface area contributed by atoms with Gasteiger partial charge in [-0.05, 0) is 87.5 Å². The van der Waals surface area contributed by atoms with Crippen LogP contribution in [0.15, 0.2) is 77.6 Å². The first-order valence-corrected chi connectivity index (χ1v) is 13.6. The first kappa shape index (κ1) is 23.9. The Hall–Kier alpha value is -2.79. The van der Waals surface area contributed by atoms with Crippen LogP contribution in [0.1, 0.15) is 51.4 Å². The minimum Gasteiger partial charge on any atom is -0.385 e. The Morgan fingerprint density at radius 2 is 1.26 bits per heavy atom. The Balaban J connectivity index is 1.04. The van der Waals surface area contributed by atoms with E-state index in [9.17, 15) is 0 Å². The van der Waals surface area contributed by atoms with Crippen molar-refractivity contribution in [3.8, 4) is 0 Å². The molecule has 5 nitrogen and oxygen atoms in total. The van der Waals surface area contributed by atoms with Gasteiger partial charge in [0.05, 0.1) is 5.70 Å². The number of benzene rings is 2. The molecule has 1 aliphatic heterocycles. The second kappa shape index (κ2) is 11.3. The van der Waals surface area contributed by atoms with E-state index in [1.165, 1.54) is 55.6 Å². The highest BCUT2D eigenvalue weighted by atomic mass is 15.1. The number of para-hydroxylation sites is 2. The maximum absolute atomic E-state index is 6.82. The van der Waals surface area contributed by atoms with Crippen LogP contribution >= 0.6 is 0 Å². The third-order valence-corrected chi connectivity index (χ3v) is 8.42. The number of nitrogens with one attached hydrogen (secondary N) is 3. The third-order valence-electron chi connectivity index (χ3n) is 8.42. The summed E-state index contributed by atoms with van der Waals surface area (Å²) in [5.74, 6) is 2.45. The number of rotatable bonds is 8. The number of nitrogens with two attached hydrogens (primary N) is 1. The molecule has 1 heterocycles. The van der Waals surface area contributed by atoms with Crippen LogP contribution in [-0.4, -0.2) is 25.0 Å². The maximum atomic E-state index is 6.82. The lowest BCUT2D eigenvalue weighted by Gasteiger charge is -2.41. The fourth-order valence-electron chi connectivity index (χ4n) is 6.04. The van der Waals surface area contributed by atoms with Crippen molar-refractivity contribution in [3.05, 3.63) is 72.6 Å². The van der Waals surface area contributed by atoms with Gasteiger partial charge in [-0.15, -0.1) is 0 Å². The molecule has 0 saturated heterocycles. The molecule has 2 saturated carbocycles. The topological polar surface area (TPSA) is 74.5 Å². The molecule has 186 valence electrons. The van der Waals surface area contributed by atoms with Crippen LogP contribution in [0.5, 0.6) is 0 Å². The van der Waals surface area contributed by atoms with Gasteiger partial charge in [0.2, 0.25) is 0 Å². The molecule has 3 aliphatic rings. The van der Waals surface area contributed by atoms with Crippen molar-refractivity contribution in [1.29, 1.82) is 0 Å². The highest BCUT2D eigenvalue weighted by Crippen LogP contribution is 2.37. The predicted molar refractivity (Wildman–Crippen MR) is 147 cm³/mol. The van der Waals surface area contributed by atoms with E-state index in [0.29, 0.717) is 17.8 Å². The highest BCUT2D eigenvalue weighted by molar-refractivity contribution is 5.72. The molecular formula is C30H41N5. The van der Waals surface area contributed by atoms with Gasteiger partial charge in [0.1, 0.15) is 5.66 Å². The SMILES string of the molecule is NC1(C2CCC(CNc3ccccc3)CC2)C=NC(C2CCC(CNc3ccccc3)CC2)=CN1. The van der Waals surface area contributed by atoms with E-state index in [1.807, 2.05) is 6.21 Å². The molecule has 0 spiro atoms. The van der Waals surface area contributed by atoms with E-state index in [1.54, 1.807) is 0 Å². The molecule has 35 heavy (non-hydrogen) atoms. The average Bonchev–Trinajstić information content (AvgIpc) is 2.93. The summed E-state index contributed by atoms with van der Waals surface area (Å²) < 4.78 is 0. The first-order valence-electron chi connectivity index (χ1n) is 13.6. The van der Waals surface area contributed by atoms with Gasteiger partial charge in [0.15, 0.2) is 0 Å². The van der Waals surface area contributed by atoms with Crippen molar-refractivity contribution in [2.75, 3.05) is 23.7 Å². The van der Waals surface area contributed by atoms with Gasteiger partial charge < -0.3 is 21.7 Å². The average molecular weight is 472 g/mol. The number of anilines is 2. The molecule has 2 fully saturated rings. The van der Waals surface area contributed by atoms with Crippen molar-refractivity contribution in [2.24, 2.45) is 34.4 Å². The van der Waals surface area contributed by atoms with Crippen LogP contribution in [0.4, 0.5) is 11.4 Å². The molecule has 1 unspecified atom stereocenters. The lowest BCUT2D eigenvalue weighted by Crippen LogP contribution is -2.60. The van der Waals surface area contributed by atoms with Gasteiger partial charge in [0, 0.05) is 48.7 Å². The maximum Gasteiger partial charge on any atom is 0.125 e. The summed E-state index contributed by atoms with van der Waals surface area (Å²) >= 11 is 0. The number of allylic oxidation sites excluding steroid dienone is 1. The van der Waals surface area contributed by atoms with Crippen molar-refractivity contribution >= 4 is 17.6 Å². The Morgan fingerprint density at radius 3 is 1.74 bits per heavy atom. The van der Waals surface area contributed by atoms with E-state index < -0.39 is 5.66 Å². The minimum atomic E-state index is -0.502. The summed E-state index contributed by atoms with van der Waals surface area (Å²) in [5.41, 5.74) is 9.95. The van der Waals surface area contributed by atoms with Crippen LogP contribution < -0.4 is 21.7 Å². The quantitative estimate of drug-likeness (QED) is 0.381. The minimum absolute atomic E-state index is 0.442. The molecule has 2 aliphatic carbocycles. The van der Waals surface area contributed by atoms with Gasteiger partial charge in [-0.1, -0.05) is 36.4 Å². The zero-order chi connectivity index (χ0) is 23.9. The number of hydrogen-bond acceptors (Lipinski definition) is 5. The normalized spacial score (nSPS) is 30.7. The molecule has 2 aromatic carbocycles. The molecule has 0 bridgehead atoms. The fourth-order valence-corrected chi connectivity index (χ4v) is 6.04. The number of aliphatic imine (C=N–C) groups is 1. The van der Waals surface area contributed by atoms with Gasteiger partial charge in [-0.3, -0.25) is 4.99 Å². The third kappa shape index (κ3) is 6.26. The summed E-state index contributed by atoms with van der Waals surface area (Å²) in [6.07, 6.45) is 13.8. The van der Waals surface area contributed by atoms with Crippen molar-refractivity contribution in [2.45, 2.75) is 57.0 Å². The van der Waals surface area contributed by atoms with E-state index in [2.05, 4.69) is 82.8 Å². The predicted octanol–water partition coefficient (Wildman–Crippen LogP) is 5.99. The largest absolute Gasteiger partial charge is 0.385 e. The van der Waals surface area contributed by atoms with E-state index in [0.717, 1.165) is 31.8 Å². The van der Waals surface area contributed by atoms with Gasteiger partial charge in [-0.25, -0.2) is 0 Å². The Bertz CT molecular complexity index is 972. The van der Waals surface area contributed by atoms with Crippen molar-refractivity contribution < 1.29 is 0 Å². The lowest BCUT2D eigenvalue weighted by molar-refractivity contribution is 0.206. The van der Waals surface area contributed by atoms with Crippen LogP contribution in [0.25, 0.3) is 0 Å². The second-order valence-electron chi connectivity index (χ2n) is 10.8. The molecular weight excluding hydrogens is 430 g/mol. The molecule has 1 atom stereocenters. The molecule has 0 amide bonds. The summed E-state index contributed by atoms with van der Waals surface area (Å²) in [6.45, 7) is 2.11. The molecule has 5 rings (SSSR count). The number of hydrogen-bond donors (Lipinski definition) is 4. The summed E-state index contributed by atoms with van der Waals surface area (Å²) in [4.78, 5) is 4.92. The number of nitrogens with zero attached hydrogens (tertiary/aromatic N) is 1. The standard InChI is InChI=1S/C30H41N5/c31-30(26-17-13-24(14-18-26)20-33-28-9-5-2-6-10-28)22-34-29(21-35-30)25-15-11-23(12-16-25)19-32-27-7-3-1-4-8-27/h1-10,21-26,32-33,35H,11-20,31H2. The smallest absolute Gasteiger partial charge is 0.125 e. The highest BCUT2D eigenvalue weighted by Gasteiger charge is 2.37. The molecule has 2 aromatic rings. The lowest BCUT2D eigenvalue weighted by atomic mass is 9.75. The van der Waals surface area contributed by atoms with E-state index in [4.69, 9.17) is 10.7 Å². The van der Waals surface area contributed by atoms with Crippen molar-refractivity contribution in [1.82, 2.24) is 5.32 Å².